The second-order valence-electron chi connectivity index (χ2n) is 13.6. The molecule has 4 aromatic heterocycles. The molecule has 11 aromatic rings. The fraction of sp³-hybridized carbons (Fsp3) is 0.0870. The van der Waals surface area contributed by atoms with E-state index in [-0.39, 0.29) is 0 Å². The van der Waals surface area contributed by atoms with Crippen LogP contribution in [0.5, 0.6) is 0 Å². The second kappa shape index (κ2) is 10.6. The van der Waals surface area contributed by atoms with Gasteiger partial charge in [0.05, 0.1) is 22.1 Å². The highest BCUT2D eigenvalue weighted by Crippen LogP contribution is 2.44. The Balaban J connectivity index is 1.21. The molecule has 238 valence electrons. The number of unbranched alkanes of at least 4 members (excludes halogenated alkanes) is 1. The normalized spacial score (nSPS) is 12.3. The molecule has 7 aromatic carbocycles. The number of hydrogen-bond acceptors (Lipinski definition) is 2. The van der Waals surface area contributed by atoms with Crippen molar-refractivity contribution >= 4 is 97.1 Å². The first-order valence-corrected chi connectivity index (χ1v) is 18.4. The van der Waals surface area contributed by atoms with Crippen LogP contribution in [0, 0.1) is 0 Å². The lowest BCUT2D eigenvalue weighted by Crippen LogP contribution is -1.95. The average molecular weight is 661 g/mol. The van der Waals surface area contributed by atoms with E-state index in [1.165, 1.54) is 87.9 Å². The van der Waals surface area contributed by atoms with E-state index in [0.717, 1.165) is 34.0 Å². The third kappa shape index (κ3) is 3.91. The molecule has 0 atom stereocenters. The number of hydrogen-bond donors (Lipinski definition) is 0. The molecule has 0 saturated carbocycles. The monoisotopic (exact) mass is 660 g/mol. The minimum Gasteiger partial charge on any atom is -0.456 e. The molecule has 50 heavy (non-hydrogen) atoms. The first kappa shape index (κ1) is 28.0. The minimum atomic E-state index is 0.909. The van der Waals surface area contributed by atoms with Gasteiger partial charge in [0.15, 0.2) is 0 Å². The highest BCUT2D eigenvalue weighted by molar-refractivity contribution is 7.25. The van der Waals surface area contributed by atoms with Crippen LogP contribution in [0.3, 0.4) is 0 Å². The van der Waals surface area contributed by atoms with Crippen molar-refractivity contribution < 1.29 is 4.42 Å². The van der Waals surface area contributed by atoms with E-state index in [0.29, 0.717) is 0 Å². The Hall–Kier alpha value is -5.84. The van der Waals surface area contributed by atoms with Crippen molar-refractivity contribution in [3.8, 4) is 11.4 Å². The van der Waals surface area contributed by atoms with E-state index in [1.807, 2.05) is 23.5 Å². The molecule has 4 heteroatoms. The first-order valence-electron chi connectivity index (χ1n) is 17.6. The summed E-state index contributed by atoms with van der Waals surface area (Å²) in [5.41, 5.74) is 10.4. The second-order valence-corrected chi connectivity index (χ2v) is 14.6. The fourth-order valence-corrected chi connectivity index (χ4v) is 9.52. The largest absolute Gasteiger partial charge is 0.456 e. The number of benzene rings is 7. The quantitative estimate of drug-likeness (QED) is 0.180. The van der Waals surface area contributed by atoms with Crippen molar-refractivity contribution in [3.05, 3.63) is 145 Å². The predicted molar refractivity (Wildman–Crippen MR) is 214 cm³/mol. The molecule has 0 amide bonds. The van der Waals surface area contributed by atoms with E-state index in [9.17, 15) is 0 Å². The molecule has 0 spiro atoms. The molecular formula is C46H32N2OS. The zero-order valence-electron chi connectivity index (χ0n) is 27.6. The molecule has 11 rings (SSSR count). The summed E-state index contributed by atoms with van der Waals surface area (Å²) in [5.74, 6) is 0. The van der Waals surface area contributed by atoms with Gasteiger partial charge in [0.2, 0.25) is 0 Å². The van der Waals surface area contributed by atoms with E-state index in [4.69, 9.17) is 4.42 Å². The summed E-state index contributed by atoms with van der Waals surface area (Å²) >= 11 is 1.90. The Kier molecular flexibility index (Phi) is 5.93. The van der Waals surface area contributed by atoms with Gasteiger partial charge in [-0.05, 0) is 85.1 Å². The molecular weight excluding hydrogens is 629 g/mol. The van der Waals surface area contributed by atoms with Crippen LogP contribution < -0.4 is 0 Å². The maximum absolute atomic E-state index is 6.22. The maximum Gasteiger partial charge on any atom is 0.135 e. The minimum absolute atomic E-state index is 0.909. The zero-order chi connectivity index (χ0) is 32.9. The maximum atomic E-state index is 6.22. The number of para-hydroxylation sites is 3. The van der Waals surface area contributed by atoms with Crippen molar-refractivity contribution in [2.75, 3.05) is 0 Å². The van der Waals surface area contributed by atoms with Crippen LogP contribution in [0.15, 0.2) is 144 Å². The van der Waals surface area contributed by atoms with Crippen LogP contribution in [0.1, 0.15) is 25.3 Å². The third-order valence-corrected chi connectivity index (χ3v) is 11.8. The number of thiophene rings is 1. The van der Waals surface area contributed by atoms with E-state index >= 15 is 0 Å². The Morgan fingerprint density at radius 1 is 0.500 bits per heavy atom. The van der Waals surface area contributed by atoms with Crippen molar-refractivity contribution in [1.82, 2.24) is 9.13 Å². The number of nitrogens with zero attached hydrogens (tertiary/aromatic N) is 2. The van der Waals surface area contributed by atoms with Gasteiger partial charge >= 0.3 is 0 Å². The van der Waals surface area contributed by atoms with Crippen LogP contribution >= 0.6 is 11.3 Å². The smallest absolute Gasteiger partial charge is 0.135 e. The van der Waals surface area contributed by atoms with Gasteiger partial charge in [-0.15, -0.1) is 11.3 Å². The Bertz CT molecular complexity index is 3150. The molecule has 0 radical (unpaired) electrons. The van der Waals surface area contributed by atoms with Gasteiger partial charge in [-0.2, -0.15) is 0 Å². The average Bonchev–Trinajstić information content (AvgIpc) is 3.90. The SMILES string of the molecule is CCCCc1ccc2sc3cc(-n4c5ccccc5c5ccc6c(c7ccccc7n6-c6ccc7oc8ccccc8c7c6)c54)ccc3c2c1. The molecule has 0 fully saturated rings. The van der Waals surface area contributed by atoms with Gasteiger partial charge in [0, 0.05) is 63.9 Å². The van der Waals surface area contributed by atoms with E-state index < -0.39 is 0 Å². The topological polar surface area (TPSA) is 23.0 Å². The summed E-state index contributed by atoms with van der Waals surface area (Å²) < 4.78 is 13.8. The highest BCUT2D eigenvalue weighted by Gasteiger charge is 2.21. The number of fused-ring (bicyclic) bond motifs is 13. The Morgan fingerprint density at radius 3 is 2.10 bits per heavy atom. The molecule has 3 nitrogen and oxygen atoms in total. The summed E-state index contributed by atoms with van der Waals surface area (Å²) in [6.45, 7) is 2.27. The predicted octanol–water partition coefficient (Wildman–Crippen LogP) is 13.5. The van der Waals surface area contributed by atoms with Crippen LogP contribution in [0.4, 0.5) is 0 Å². The Labute approximate surface area is 292 Å². The van der Waals surface area contributed by atoms with Gasteiger partial charge < -0.3 is 13.6 Å². The van der Waals surface area contributed by atoms with Crippen molar-refractivity contribution in [2.45, 2.75) is 26.2 Å². The van der Waals surface area contributed by atoms with E-state index in [2.05, 4.69) is 143 Å². The molecule has 0 bridgehead atoms. The summed E-state index contributed by atoms with van der Waals surface area (Å²) in [7, 11) is 0. The molecule has 0 aliphatic carbocycles. The molecule has 0 N–H and O–H groups in total. The number of rotatable bonds is 5. The molecule has 4 heterocycles. The van der Waals surface area contributed by atoms with Gasteiger partial charge in [-0.1, -0.05) is 86.1 Å². The summed E-state index contributed by atoms with van der Waals surface area (Å²) in [5, 5.41) is 10.0. The lowest BCUT2D eigenvalue weighted by molar-refractivity contribution is 0.669. The number of aromatic nitrogens is 2. The van der Waals surface area contributed by atoms with Crippen LogP contribution in [-0.2, 0) is 6.42 Å². The van der Waals surface area contributed by atoms with Crippen LogP contribution in [0.2, 0.25) is 0 Å². The standard InChI is InChI=1S/C46H32N2OS/c1-2-3-10-28-17-24-43-37(25-28)33-20-18-30(27-44(33)50-43)48-38-14-7-4-11-31(38)34-21-22-40-45(46(34)48)35-13-5-8-15-39(35)47(40)29-19-23-42-36(26-29)32-12-6-9-16-41(32)49-42/h4-9,11-27H,2-3,10H2,1H3. The lowest BCUT2D eigenvalue weighted by atomic mass is 10.0. The van der Waals surface area contributed by atoms with Gasteiger partial charge in [0.25, 0.3) is 0 Å². The van der Waals surface area contributed by atoms with Crippen molar-refractivity contribution in [3.63, 3.8) is 0 Å². The van der Waals surface area contributed by atoms with Crippen LogP contribution in [0.25, 0.3) is 97.1 Å². The summed E-state index contributed by atoms with van der Waals surface area (Å²) in [6.07, 6.45) is 3.58. The van der Waals surface area contributed by atoms with Crippen molar-refractivity contribution in [1.29, 1.82) is 0 Å². The zero-order valence-corrected chi connectivity index (χ0v) is 28.4. The molecule has 0 unspecified atom stereocenters. The molecule has 0 aliphatic heterocycles. The first-order chi connectivity index (χ1) is 24.7. The molecule has 0 saturated heterocycles. The van der Waals surface area contributed by atoms with E-state index in [1.54, 1.807) is 0 Å². The lowest BCUT2D eigenvalue weighted by Gasteiger charge is -2.10. The fourth-order valence-electron chi connectivity index (χ4n) is 8.40. The Morgan fingerprint density at radius 2 is 1.22 bits per heavy atom. The summed E-state index contributed by atoms with van der Waals surface area (Å²) in [4.78, 5) is 0. The van der Waals surface area contributed by atoms with Crippen molar-refractivity contribution in [2.24, 2.45) is 0 Å². The third-order valence-electron chi connectivity index (χ3n) is 10.7. The molecule has 0 aliphatic rings. The summed E-state index contributed by atoms with van der Waals surface area (Å²) in [6, 6.07) is 51.4. The van der Waals surface area contributed by atoms with Crippen LogP contribution in [-0.4, -0.2) is 9.13 Å². The highest BCUT2D eigenvalue weighted by atomic mass is 32.1. The number of furan rings is 1. The number of aryl methyl sites for hydroxylation is 1. The van der Waals surface area contributed by atoms with Gasteiger partial charge in [-0.25, -0.2) is 0 Å². The van der Waals surface area contributed by atoms with Gasteiger partial charge in [0.1, 0.15) is 11.2 Å². The van der Waals surface area contributed by atoms with Gasteiger partial charge in [-0.3, -0.25) is 0 Å².